The van der Waals surface area contributed by atoms with Gasteiger partial charge >= 0.3 is 6.03 Å². The van der Waals surface area contributed by atoms with E-state index in [-0.39, 0.29) is 11.6 Å². The van der Waals surface area contributed by atoms with Crippen LogP contribution in [0.1, 0.15) is 46.5 Å². The van der Waals surface area contributed by atoms with Crippen molar-refractivity contribution in [2.45, 2.75) is 64.1 Å². The van der Waals surface area contributed by atoms with Crippen molar-refractivity contribution in [1.29, 1.82) is 0 Å². The highest BCUT2D eigenvalue weighted by Gasteiger charge is 2.41. The standard InChI is InChI=1S/C13H22N2O/c1-9-7-10-5-6-11(8-9)15(10)12(16)14-13(2,3)4/h10-11H,1,5-8H2,2-4H3,(H,14,16). The van der Waals surface area contributed by atoms with Gasteiger partial charge in [0.05, 0.1) is 0 Å². The molecule has 2 bridgehead atoms. The zero-order chi connectivity index (χ0) is 11.9. The molecule has 3 nitrogen and oxygen atoms in total. The third-order valence-corrected chi connectivity index (χ3v) is 3.38. The number of nitrogens with zero attached hydrogens (tertiary/aromatic N) is 1. The predicted octanol–water partition coefficient (Wildman–Crippen LogP) is 2.68. The quantitative estimate of drug-likeness (QED) is 0.628. The van der Waals surface area contributed by atoms with Gasteiger partial charge in [0.15, 0.2) is 0 Å². The summed E-state index contributed by atoms with van der Waals surface area (Å²) in [7, 11) is 0. The van der Waals surface area contributed by atoms with Crippen molar-refractivity contribution in [3.8, 4) is 0 Å². The monoisotopic (exact) mass is 222 g/mol. The van der Waals surface area contributed by atoms with E-state index in [9.17, 15) is 4.79 Å². The topological polar surface area (TPSA) is 32.3 Å². The van der Waals surface area contributed by atoms with E-state index in [1.54, 1.807) is 0 Å². The predicted molar refractivity (Wildman–Crippen MR) is 65.3 cm³/mol. The van der Waals surface area contributed by atoms with Crippen molar-refractivity contribution in [1.82, 2.24) is 10.2 Å². The highest BCUT2D eigenvalue weighted by atomic mass is 16.2. The minimum Gasteiger partial charge on any atom is -0.333 e. The van der Waals surface area contributed by atoms with E-state index in [1.807, 2.05) is 20.8 Å². The molecule has 2 saturated heterocycles. The molecule has 0 aliphatic carbocycles. The molecule has 2 aliphatic rings. The molecule has 2 aliphatic heterocycles. The number of urea groups is 1. The van der Waals surface area contributed by atoms with Crippen LogP contribution in [0, 0.1) is 0 Å². The van der Waals surface area contributed by atoms with Crippen molar-refractivity contribution in [3.63, 3.8) is 0 Å². The Hall–Kier alpha value is -0.990. The molecule has 16 heavy (non-hydrogen) atoms. The average Bonchev–Trinajstić information content (AvgIpc) is 2.36. The first kappa shape index (κ1) is 11.5. The first-order valence-corrected chi connectivity index (χ1v) is 6.14. The fraction of sp³-hybridized carbons (Fsp3) is 0.769. The van der Waals surface area contributed by atoms with Crippen LogP contribution in [-0.4, -0.2) is 28.6 Å². The van der Waals surface area contributed by atoms with E-state index < -0.39 is 0 Å². The molecule has 0 aromatic rings. The van der Waals surface area contributed by atoms with Crippen LogP contribution in [-0.2, 0) is 0 Å². The van der Waals surface area contributed by atoms with Crippen LogP contribution < -0.4 is 5.32 Å². The lowest BCUT2D eigenvalue weighted by atomic mass is 9.98. The number of hydrogen-bond donors (Lipinski definition) is 1. The third kappa shape index (κ3) is 2.23. The largest absolute Gasteiger partial charge is 0.333 e. The first-order chi connectivity index (χ1) is 7.37. The molecule has 3 heteroatoms. The molecule has 2 amide bonds. The second-order valence-corrected chi connectivity index (χ2v) is 6.13. The summed E-state index contributed by atoms with van der Waals surface area (Å²) in [6, 6.07) is 0.898. The Bertz CT molecular complexity index is 300. The molecular weight excluding hydrogens is 200 g/mol. The van der Waals surface area contributed by atoms with Gasteiger partial charge in [0.1, 0.15) is 0 Å². The third-order valence-electron chi connectivity index (χ3n) is 3.38. The molecule has 0 saturated carbocycles. The SMILES string of the molecule is C=C1CC2CCC(C1)N2C(=O)NC(C)(C)C. The van der Waals surface area contributed by atoms with Crippen molar-refractivity contribution in [3.05, 3.63) is 12.2 Å². The number of rotatable bonds is 0. The Kier molecular flexibility index (Phi) is 2.72. The lowest BCUT2D eigenvalue weighted by Crippen LogP contribution is -2.54. The smallest absolute Gasteiger partial charge is 0.318 e. The number of hydrogen-bond acceptors (Lipinski definition) is 1. The van der Waals surface area contributed by atoms with Gasteiger partial charge in [-0.15, -0.1) is 0 Å². The second kappa shape index (κ2) is 3.79. The molecule has 2 heterocycles. The summed E-state index contributed by atoms with van der Waals surface area (Å²) in [5.74, 6) is 0. The highest BCUT2D eigenvalue weighted by Crippen LogP contribution is 2.37. The molecule has 2 atom stereocenters. The van der Waals surface area contributed by atoms with Crippen LogP contribution in [0.5, 0.6) is 0 Å². The fourth-order valence-corrected chi connectivity index (χ4v) is 2.83. The number of carbonyl (C=O) groups excluding carboxylic acids is 1. The van der Waals surface area contributed by atoms with E-state index in [0.29, 0.717) is 12.1 Å². The van der Waals surface area contributed by atoms with Gasteiger partial charge in [-0.2, -0.15) is 0 Å². The normalized spacial score (nSPS) is 29.4. The summed E-state index contributed by atoms with van der Waals surface area (Å²) in [6.07, 6.45) is 4.27. The number of amides is 2. The lowest BCUT2D eigenvalue weighted by Gasteiger charge is -2.37. The molecule has 2 fully saturated rings. The lowest BCUT2D eigenvalue weighted by molar-refractivity contribution is 0.153. The van der Waals surface area contributed by atoms with E-state index in [0.717, 1.165) is 25.7 Å². The van der Waals surface area contributed by atoms with Crippen molar-refractivity contribution in [2.24, 2.45) is 0 Å². The van der Waals surface area contributed by atoms with Crippen LogP contribution in [0.3, 0.4) is 0 Å². The Morgan fingerprint density at radius 3 is 2.25 bits per heavy atom. The molecular formula is C13H22N2O. The van der Waals surface area contributed by atoms with Crippen molar-refractivity contribution >= 4 is 6.03 Å². The van der Waals surface area contributed by atoms with Gasteiger partial charge in [-0.1, -0.05) is 12.2 Å². The average molecular weight is 222 g/mol. The van der Waals surface area contributed by atoms with E-state index in [2.05, 4.69) is 16.8 Å². The van der Waals surface area contributed by atoms with Crippen molar-refractivity contribution in [2.75, 3.05) is 0 Å². The number of piperidine rings is 1. The van der Waals surface area contributed by atoms with Crippen LogP contribution in [0.4, 0.5) is 4.79 Å². The number of fused-ring (bicyclic) bond motifs is 2. The van der Waals surface area contributed by atoms with Gasteiger partial charge in [0, 0.05) is 17.6 Å². The molecule has 0 spiro atoms. The van der Waals surface area contributed by atoms with Crippen LogP contribution in [0.15, 0.2) is 12.2 Å². The highest BCUT2D eigenvalue weighted by molar-refractivity contribution is 5.76. The fourth-order valence-electron chi connectivity index (χ4n) is 2.83. The summed E-state index contributed by atoms with van der Waals surface area (Å²) in [5.41, 5.74) is 1.16. The van der Waals surface area contributed by atoms with Crippen LogP contribution >= 0.6 is 0 Å². The molecule has 90 valence electrons. The van der Waals surface area contributed by atoms with E-state index >= 15 is 0 Å². The minimum absolute atomic E-state index is 0.104. The van der Waals surface area contributed by atoms with Gasteiger partial charge in [0.25, 0.3) is 0 Å². The first-order valence-electron chi connectivity index (χ1n) is 6.14. The number of carbonyl (C=O) groups is 1. The summed E-state index contributed by atoms with van der Waals surface area (Å²) < 4.78 is 0. The molecule has 0 aromatic heterocycles. The Balaban J connectivity index is 2.06. The maximum absolute atomic E-state index is 12.2. The van der Waals surface area contributed by atoms with E-state index in [1.165, 1.54) is 5.57 Å². The Morgan fingerprint density at radius 1 is 1.31 bits per heavy atom. The van der Waals surface area contributed by atoms with Crippen LogP contribution in [0.25, 0.3) is 0 Å². The Labute approximate surface area is 97.9 Å². The molecule has 0 aromatic carbocycles. The van der Waals surface area contributed by atoms with Gasteiger partial charge in [0.2, 0.25) is 0 Å². The summed E-state index contributed by atoms with van der Waals surface area (Å²) in [5, 5.41) is 3.06. The van der Waals surface area contributed by atoms with Crippen LogP contribution in [0.2, 0.25) is 0 Å². The van der Waals surface area contributed by atoms with Gasteiger partial charge < -0.3 is 10.2 Å². The number of nitrogens with one attached hydrogen (secondary N) is 1. The molecule has 2 rings (SSSR count). The van der Waals surface area contributed by atoms with Gasteiger partial charge in [-0.3, -0.25) is 0 Å². The second-order valence-electron chi connectivity index (χ2n) is 6.13. The molecule has 0 radical (unpaired) electrons. The maximum Gasteiger partial charge on any atom is 0.318 e. The van der Waals surface area contributed by atoms with Gasteiger partial charge in [-0.25, -0.2) is 4.79 Å². The maximum atomic E-state index is 12.2. The van der Waals surface area contributed by atoms with Crippen molar-refractivity contribution < 1.29 is 4.79 Å². The minimum atomic E-state index is -0.148. The summed E-state index contributed by atoms with van der Waals surface area (Å²) in [6.45, 7) is 10.1. The zero-order valence-electron chi connectivity index (χ0n) is 10.5. The molecule has 1 N–H and O–H groups in total. The van der Waals surface area contributed by atoms with Gasteiger partial charge in [-0.05, 0) is 46.5 Å². The van der Waals surface area contributed by atoms with E-state index in [4.69, 9.17) is 0 Å². The molecule has 2 unspecified atom stereocenters. The zero-order valence-corrected chi connectivity index (χ0v) is 10.5. The summed E-state index contributed by atoms with van der Waals surface area (Å²) in [4.78, 5) is 14.2. The summed E-state index contributed by atoms with van der Waals surface area (Å²) >= 11 is 0. The Morgan fingerprint density at radius 2 is 1.81 bits per heavy atom.